The molecule has 1 saturated heterocycles. The molecule has 1 aliphatic rings. The molecule has 2 rings (SSSR count). The maximum atomic E-state index is 7.08. The van der Waals surface area contributed by atoms with Gasteiger partial charge in [-0.05, 0) is 30.5 Å². The predicted molar refractivity (Wildman–Crippen MR) is 60.7 cm³/mol. The van der Waals surface area contributed by atoms with E-state index in [2.05, 4.69) is 11.9 Å². The summed E-state index contributed by atoms with van der Waals surface area (Å²) in [5.41, 5.74) is 1.25. The van der Waals surface area contributed by atoms with Gasteiger partial charge in [0.25, 0.3) is 0 Å². The molecule has 4 heteroatoms. The van der Waals surface area contributed by atoms with Crippen molar-refractivity contribution in [3.05, 3.63) is 34.9 Å². The quantitative estimate of drug-likeness (QED) is 0.455. The van der Waals surface area contributed by atoms with E-state index in [1.165, 1.54) is 12.0 Å². The van der Waals surface area contributed by atoms with Gasteiger partial charge >= 0.3 is 0 Å². The Hall–Kier alpha value is -1.06. The second-order valence-electron chi connectivity index (χ2n) is 3.19. The minimum absolute atomic E-state index is 0.308. The normalized spacial score (nSPS) is 19.1. The predicted octanol–water partition coefficient (Wildman–Crippen LogP) is 3.27. The van der Waals surface area contributed by atoms with Crippen molar-refractivity contribution in [2.75, 3.05) is 6.61 Å². The van der Waals surface area contributed by atoms with Gasteiger partial charge in [-0.1, -0.05) is 23.7 Å². The van der Waals surface area contributed by atoms with E-state index >= 15 is 0 Å². The minimum atomic E-state index is 0.308. The lowest BCUT2D eigenvalue weighted by Gasteiger charge is -2.08. The summed E-state index contributed by atoms with van der Waals surface area (Å²) in [7, 11) is 0. The van der Waals surface area contributed by atoms with Gasteiger partial charge in [-0.3, -0.25) is 0 Å². The molecule has 1 aromatic carbocycles. The number of oxime groups is 1. The second kappa shape index (κ2) is 6.43. The van der Waals surface area contributed by atoms with Gasteiger partial charge in [-0.2, -0.15) is 0 Å². The van der Waals surface area contributed by atoms with Crippen LogP contribution in [-0.2, 0) is 4.74 Å². The molecular formula is C11H14ClNO2. The summed E-state index contributed by atoms with van der Waals surface area (Å²) in [4.78, 5) is 0. The van der Waals surface area contributed by atoms with Crippen LogP contribution in [0.2, 0.25) is 5.02 Å². The molecule has 1 aliphatic heterocycles. The van der Waals surface area contributed by atoms with Crippen molar-refractivity contribution < 1.29 is 9.94 Å². The van der Waals surface area contributed by atoms with Crippen molar-refractivity contribution in [2.24, 2.45) is 5.16 Å². The summed E-state index contributed by atoms with van der Waals surface area (Å²) in [6.45, 7) is 3.56. The first-order chi connectivity index (χ1) is 7.27. The number of halogens is 1. The zero-order chi connectivity index (χ0) is 11.1. The van der Waals surface area contributed by atoms with Crippen molar-refractivity contribution in [3.63, 3.8) is 0 Å². The number of nitrogens with zero attached hydrogens (tertiary/aromatic N) is 1. The summed E-state index contributed by atoms with van der Waals surface area (Å²) in [5, 5.41) is 10.1. The Morgan fingerprint density at radius 3 is 2.47 bits per heavy atom. The van der Waals surface area contributed by atoms with E-state index in [0.717, 1.165) is 18.1 Å². The van der Waals surface area contributed by atoms with E-state index in [1.807, 2.05) is 24.3 Å². The maximum Gasteiger partial charge on any atom is 0.0825 e. The van der Waals surface area contributed by atoms with E-state index < -0.39 is 0 Å². The molecule has 0 saturated carbocycles. The van der Waals surface area contributed by atoms with Crippen LogP contribution in [-0.4, -0.2) is 18.5 Å². The smallest absolute Gasteiger partial charge is 0.0825 e. The van der Waals surface area contributed by atoms with Crippen molar-refractivity contribution >= 4 is 18.3 Å². The first-order valence-corrected chi connectivity index (χ1v) is 5.13. The van der Waals surface area contributed by atoms with E-state index in [0.29, 0.717) is 6.10 Å². The largest absolute Gasteiger partial charge is 0.411 e. The van der Waals surface area contributed by atoms with E-state index in [9.17, 15) is 0 Å². The Bertz CT molecular complexity index is 294. The summed E-state index contributed by atoms with van der Waals surface area (Å²) in [6.07, 6.45) is 2.62. The summed E-state index contributed by atoms with van der Waals surface area (Å²) >= 11 is 5.78. The average molecular weight is 228 g/mol. The van der Waals surface area contributed by atoms with Gasteiger partial charge in [0, 0.05) is 18.3 Å². The minimum Gasteiger partial charge on any atom is -0.411 e. The van der Waals surface area contributed by atoms with Gasteiger partial charge in [0.15, 0.2) is 0 Å². The zero-order valence-electron chi connectivity index (χ0n) is 8.40. The van der Waals surface area contributed by atoms with E-state index in [-0.39, 0.29) is 0 Å². The maximum absolute atomic E-state index is 7.08. The number of hydrogen-bond acceptors (Lipinski definition) is 3. The SMILES string of the molecule is C=NO.Clc1ccc(C2CCCO2)cc1. The van der Waals surface area contributed by atoms with Crippen molar-refractivity contribution in [3.8, 4) is 0 Å². The van der Waals surface area contributed by atoms with E-state index in [1.54, 1.807) is 0 Å². The van der Waals surface area contributed by atoms with Crippen LogP contribution in [0.3, 0.4) is 0 Å². The molecule has 0 amide bonds. The molecule has 1 unspecified atom stereocenters. The fourth-order valence-corrected chi connectivity index (χ4v) is 1.64. The summed E-state index contributed by atoms with van der Waals surface area (Å²) < 4.78 is 5.54. The van der Waals surface area contributed by atoms with Crippen molar-refractivity contribution in [1.82, 2.24) is 0 Å². The van der Waals surface area contributed by atoms with Gasteiger partial charge in [0.2, 0.25) is 0 Å². The highest BCUT2D eigenvalue weighted by Gasteiger charge is 2.16. The van der Waals surface area contributed by atoms with Gasteiger partial charge in [0.1, 0.15) is 0 Å². The van der Waals surface area contributed by atoms with Crippen LogP contribution in [0.15, 0.2) is 29.4 Å². The molecule has 3 nitrogen and oxygen atoms in total. The molecule has 1 aromatic rings. The van der Waals surface area contributed by atoms with Crippen LogP contribution < -0.4 is 0 Å². The Kier molecular flexibility index (Phi) is 5.15. The lowest BCUT2D eigenvalue weighted by atomic mass is 10.1. The first kappa shape index (κ1) is 12.0. The lowest BCUT2D eigenvalue weighted by molar-refractivity contribution is 0.112. The first-order valence-electron chi connectivity index (χ1n) is 4.75. The topological polar surface area (TPSA) is 41.8 Å². The zero-order valence-corrected chi connectivity index (χ0v) is 9.15. The van der Waals surface area contributed by atoms with Crippen LogP contribution in [0, 0.1) is 0 Å². The molecule has 1 N–H and O–H groups in total. The van der Waals surface area contributed by atoms with Crippen LogP contribution >= 0.6 is 11.6 Å². The highest BCUT2D eigenvalue weighted by Crippen LogP contribution is 2.28. The Balaban J connectivity index is 0.000000337. The number of ether oxygens (including phenoxy) is 1. The third-order valence-electron chi connectivity index (χ3n) is 2.17. The van der Waals surface area contributed by atoms with Crippen molar-refractivity contribution in [2.45, 2.75) is 18.9 Å². The Labute approximate surface area is 94.3 Å². The van der Waals surface area contributed by atoms with Gasteiger partial charge < -0.3 is 9.94 Å². The average Bonchev–Trinajstić information content (AvgIpc) is 2.73. The Morgan fingerprint density at radius 1 is 1.40 bits per heavy atom. The standard InChI is InChI=1S/C10H11ClO.CH3NO/c11-9-5-3-8(4-6-9)10-2-1-7-12-10;1-2-3/h3-6,10H,1-2,7H2;3H,1H2. The third-order valence-corrected chi connectivity index (χ3v) is 2.42. The highest BCUT2D eigenvalue weighted by molar-refractivity contribution is 6.30. The van der Waals surface area contributed by atoms with Gasteiger partial charge in [0.05, 0.1) is 6.10 Å². The molecule has 15 heavy (non-hydrogen) atoms. The number of rotatable bonds is 1. The second-order valence-corrected chi connectivity index (χ2v) is 3.63. The molecule has 1 fully saturated rings. The molecule has 0 spiro atoms. The van der Waals surface area contributed by atoms with E-state index in [4.69, 9.17) is 21.5 Å². The number of benzene rings is 1. The van der Waals surface area contributed by atoms with Crippen molar-refractivity contribution in [1.29, 1.82) is 0 Å². The van der Waals surface area contributed by atoms with Crippen LogP contribution in [0.4, 0.5) is 0 Å². The third kappa shape index (κ3) is 3.90. The fourth-order valence-electron chi connectivity index (χ4n) is 1.52. The molecule has 0 bridgehead atoms. The Morgan fingerprint density at radius 2 is 2.00 bits per heavy atom. The summed E-state index contributed by atoms with van der Waals surface area (Å²) in [5.74, 6) is 0. The van der Waals surface area contributed by atoms with Crippen LogP contribution in [0.1, 0.15) is 24.5 Å². The monoisotopic (exact) mass is 227 g/mol. The lowest BCUT2D eigenvalue weighted by Crippen LogP contribution is -1.94. The number of hydrogen-bond donors (Lipinski definition) is 1. The van der Waals surface area contributed by atoms with Gasteiger partial charge in [-0.25, -0.2) is 0 Å². The molecule has 0 aliphatic carbocycles. The molecule has 0 aromatic heterocycles. The fraction of sp³-hybridized carbons (Fsp3) is 0.364. The van der Waals surface area contributed by atoms with Gasteiger partial charge in [-0.15, -0.1) is 5.16 Å². The highest BCUT2D eigenvalue weighted by atomic mass is 35.5. The molecular weight excluding hydrogens is 214 g/mol. The van der Waals surface area contributed by atoms with Crippen LogP contribution in [0.25, 0.3) is 0 Å². The summed E-state index contributed by atoms with van der Waals surface area (Å²) in [6, 6.07) is 7.91. The molecule has 0 radical (unpaired) electrons. The molecule has 1 atom stereocenters. The molecule has 1 heterocycles. The van der Waals surface area contributed by atoms with Crippen LogP contribution in [0.5, 0.6) is 0 Å². The molecule has 82 valence electrons.